The second-order valence-electron chi connectivity index (χ2n) is 6.02. The third-order valence-corrected chi connectivity index (χ3v) is 4.46. The number of anilines is 1. The van der Waals surface area contributed by atoms with Crippen LogP contribution in [-0.4, -0.2) is 47.4 Å². The van der Waals surface area contributed by atoms with Crippen LogP contribution in [0.15, 0.2) is 11.0 Å². The normalized spacial score (nSPS) is 17.4. The van der Waals surface area contributed by atoms with Crippen molar-refractivity contribution in [2.45, 2.75) is 37.8 Å². The van der Waals surface area contributed by atoms with Gasteiger partial charge in [-0.05, 0) is 26.9 Å². The first-order valence-electron chi connectivity index (χ1n) is 7.36. The van der Waals surface area contributed by atoms with Gasteiger partial charge in [-0.1, -0.05) is 24.4 Å². The van der Waals surface area contributed by atoms with Gasteiger partial charge in [-0.2, -0.15) is 5.10 Å². The molecule has 1 aliphatic rings. The molecule has 1 aromatic rings. The fourth-order valence-electron chi connectivity index (χ4n) is 2.72. The zero-order valence-electron chi connectivity index (χ0n) is 12.7. The van der Waals surface area contributed by atoms with Crippen molar-refractivity contribution in [2.24, 2.45) is 5.73 Å². The molecule has 0 unspecified atom stereocenters. The molecule has 0 spiro atoms. The number of likely N-dealkylation sites (N-methyl/N-ethyl adjacent to an activating group) is 1. The van der Waals surface area contributed by atoms with Crippen LogP contribution in [0.3, 0.4) is 0 Å². The number of aromatic nitrogens is 2. The molecule has 1 aromatic heterocycles. The molecular weight excluding hydrogens is 290 g/mol. The highest BCUT2D eigenvalue weighted by Crippen LogP contribution is 2.33. The van der Waals surface area contributed by atoms with E-state index >= 15 is 0 Å². The van der Waals surface area contributed by atoms with Gasteiger partial charge in [-0.25, -0.2) is 4.68 Å². The number of nitrogens with one attached hydrogen (secondary N) is 1. The number of rotatable bonds is 6. The maximum atomic E-state index is 12.2. The predicted octanol–water partition coefficient (Wildman–Crippen LogP) is 1.14. The second kappa shape index (κ2) is 6.77. The van der Waals surface area contributed by atoms with E-state index in [9.17, 15) is 4.79 Å². The van der Waals surface area contributed by atoms with Gasteiger partial charge in [0.05, 0.1) is 18.4 Å². The average Bonchev–Trinajstić information content (AvgIpc) is 2.92. The lowest BCUT2D eigenvalue weighted by atomic mass is 9.97. The van der Waals surface area contributed by atoms with Gasteiger partial charge in [0.1, 0.15) is 5.02 Å². The molecule has 6 nitrogen and oxygen atoms in total. The van der Waals surface area contributed by atoms with Crippen molar-refractivity contribution in [1.29, 1.82) is 0 Å². The summed E-state index contributed by atoms with van der Waals surface area (Å²) < 4.78 is 1.40. The molecule has 0 amide bonds. The minimum atomic E-state index is -0.256. The molecular formula is C14H24ClN5O. The molecule has 3 N–H and O–H groups in total. The van der Waals surface area contributed by atoms with Crippen molar-refractivity contribution in [3.05, 3.63) is 21.6 Å². The van der Waals surface area contributed by atoms with Crippen LogP contribution in [0.1, 0.15) is 25.7 Å². The molecule has 0 radical (unpaired) electrons. The van der Waals surface area contributed by atoms with E-state index < -0.39 is 0 Å². The molecule has 0 aromatic carbocycles. The van der Waals surface area contributed by atoms with Crippen molar-refractivity contribution < 1.29 is 0 Å². The van der Waals surface area contributed by atoms with Crippen molar-refractivity contribution in [3.63, 3.8) is 0 Å². The zero-order valence-corrected chi connectivity index (χ0v) is 13.5. The molecule has 2 rings (SSSR count). The predicted molar refractivity (Wildman–Crippen MR) is 85.9 cm³/mol. The van der Waals surface area contributed by atoms with Gasteiger partial charge in [-0.15, -0.1) is 0 Å². The number of nitrogens with two attached hydrogens (primary N) is 1. The van der Waals surface area contributed by atoms with Gasteiger partial charge >= 0.3 is 0 Å². The van der Waals surface area contributed by atoms with Gasteiger partial charge in [0.2, 0.25) is 0 Å². The Morgan fingerprint density at radius 1 is 1.48 bits per heavy atom. The van der Waals surface area contributed by atoms with Gasteiger partial charge in [-0.3, -0.25) is 4.79 Å². The van der Waals surface area contributed by atoms with E-state index in [0.717, 1.165) is 32.2 Å². The van der Waals surface area contributed by atoms with E-state index in [1.807, 2.05) is 19.0 Å². The molecule has 118 valence electrons. The van der Waals surface area contributed by atoms with Crippen LogP contribution in [0.25, 0.3) is 0 Å². The lowest BCUT2D eigenvalue weighted by molar-refractivity contribution is 0.367. The standard InChI is InChI=1S/C14H24ClN5O/c1-19(2)7-8-20-13(21)12(15)11(9-17-20)18-14(10-16)5-3-4-6-14/h9,18H,3-8,10,16H2,1-2H3. The molecule has 0 saturated heterocycles. The van der Waals surface area contributed by atoms with E-state index in [0.29, 0.717) is 18.8 Å². The first kappa shape index (κ1) is 16.3. The Balaban J connectivity index is 2.18. The third kappa shape index (κ3) is 3.75. The zero-order chi connectivity index (χ0) is 15.5. The van der Waals surface area contributed by atoms with Crippen LogP contribution in [0.4, 0.5) is 5.69 Å². The highest BCUT2D eigenvalue weighted by molar-refractivity contribution is 6.32. The number of hydrogen-bond acceptors (Lipinski definition) is 5. The Morgan fingerprint density at radius 3 is 2.71 bits per heavy atom. The van der Waals surface area contributed by atoms with Crippen LogP contribution in [-0.2, 0) is 6.54 Å². The van der Waals surface area contributed by atoms with Crippen molar-refractivity contribution in [2.75, 3.05) is 32.5 Å². The first-order valence-corrected chi connectivity index (χ1v) is 7.74. The van der Waals surface area contributed by atoms with Crippen LogP contribution in [0.5, 0.6) is 0 Å². The third-order valence-electron chi connectivity index (χ3n) is 4.10. The van der Waals surface area contributed by atoms with Crippen molar-refractivity contribution >= 4 is 17.3 Å². The summed E-state index contributed by atoms with van der Waals surface area (Å²) in [5, 5.41) is 7.77. The molecule has 0 bridgehead atoms. The molecule has 1 aliphatic carbocycles. The lowest BCUT2D eigenvalue weighted by Gasteiger charge is -2.30. The van der Waals surface area contributed by atoms with Crippen LogP contribution in [0.2, 0.25) is 5.02 Å². The van der Waals surface area contributed by atoms with Crippen LogP contribution < -0.4 is 16.6 Å². The maximum Gasteiger partial charge on any atom is 0.287 e. The molecule has 1 fully saturated rings. The minimum absolute atomic E-state index is 0.145. The summed E-state index contributed by atoms with van der Waals surface area (Å²) in [5.74, 6) is 0. The summed E-state index contributed by atoms with van der Waals surface area (Å²) in [6, 6.07) is 0. The van der Waals surface area contributed by atoms with Gasteiger partial charge < -0.3 is 16.0 Å². The Hall–Kier alpha value is -1.11. The van der Waals surface area contributed by atoms with E-state index in [4.69, 9.17) is 17.3 Å². The van der Waals surface area contributed by atoms with Crippen molar-refractivity contribution in [3.8, 4) is 0 Å². The van der Waals surface area contributed by atoms with Gasteiger partial charge in [0.15, 0.2) is 0 Å². The summed E-state index contributed by atoms with van der Waals surface area (Å²) >= 11 is 6.22. The molecule has 7 heteroatoms. The number of nitrogens with zero attached hydrogens (tertiary/aromatic N) is 3. The number of halogens is 1. The molecule has 1 heterocycles. The van der Waals surface area contributed by atoms with E-state index in [-0.39, 0.29) is 16.1 Å². The monoisotopic (exact) mass is 313 g/mol. The Labute approximate surface area is 130 Å². The van der Waals surface area contributed by atoms with E-state index in [1.165, 1.54) is 4.68 Å². The minimum Gasteiger partial charge on any atom is -0.376 e. The highest BCUT2D eigenvalue weighted by atomic mass is 35.5. The Morgan fingerprint density at radius 2 is 2.14 bits per heavy atom. The quantitative estimate of drug-likeness (QED) is 0.823. The summed E-state index contributed by atoms with van der Waals surface area (Å²) in [4.78, 5) is 14.2. The summed E-state index contributed by atoms with van der Waals surface area (Å²) in [7, 11) is 3.90. The number of hydrogen-bond donors (Lipinski definition) is 2. The van der Waals surface area contributed by atoms with Crippen LogP contribution in [0, 0.1) is 0 Å². The van der Waals surface area contributed by atoms with Gasteiger partial charge in [0.25, 0.3) is 5.56 Å². The topological polar surface area (TPSA) is 76.2 Å². The van der Waals surface area contributed by atoms with Crippen LogP contribution >= 0.6 is 11.6 Å². The molecule has 0 aliphatic heterocycles. The van der Waals surface area contributed by atoms with E-state index in [2.05, 4.69) is 10.4 Å². The van der Waals surface area contributed by atoms with E-state index in [1.54, 1.807) is 6.20 Å². The largest absolute Gasteiger partial charge is 0.376 e. The molecule has 0 atom stereocenters. The fraction of sp³-hybridized carbons (Fsp3) is 0.714. The van der Waals surface area contributed by atoms with Crippen molar-refractivity contribution in [1.82, 2.24) is 14.7 Å². The smallest absolute Gasteiger partial charge is 0.287 e. The summed E-state index contributed by atoms with van der Waals surface area (Å²) in [6.45, 7) is 1.80. The summed E-state index contributed by atoms with van der Waals surface area (Å²) in [5.41, 5.74) is 6.09. The summed E-state index contributed by atoms with van der Waals surface area (Å²) in [6.07, 6.45) is 5.94. The highest BCUT2D eigenvalue weighted by Gasteiger charge is 2.33. The molecule has 1 saturated carbocycles. The SMILES string of the molecule is CN(C)CCn1ncc(NC2(CN)CCCC2)c(Cl)c1=O. The Bertz CT molecular complexity index is 537. The molecule has 21 heavy (non-hydrogen) atoms. The lowest BCUT2D eigenvalue weighted by Crippen LogP contribution is -2.43. The first-order chi connectivity index (χ1) is 9.97. The Kier molecular flexibility index (Phi) is 5.24. The fourth-order valence-corrected chi connectivity index (χ4v) is 2.92. The van der Waals surface area contributed by atoms with Gasteiger partial charge in [0, 0.05) is 18.6 Å². The maximum absolute atomic E-state index is 12.2. The second-order valence-corrected chi connectivity index (χ2v) is 6.40. The average molecular weight is 314 g/mol.